The van der Waals surface area contributed by atoms with Gasteiger partial charge in [-0.2, -0.15) is 0 Å². The lowest BCUT2D eigenvalue weighted by atomic mass is 9.88. The van der Waals surface area contributed by atoms with Gasteiger partial charge >= 0.3 is 0 Å². The Bertz CT molecular complexity index is 4190. The van der Waals surface area contributed by atoms with Gasteiger partial charge < -0.3 is 15.1 Å². The molecule has 0 saturated heterocycles. The van der Waals surface area contributed by atoms with E-state index in [4.69, 9.17) is 0 Å². The average Bonchev–Trinajstić information content (AvgIpc) is 1.59. The summed E-state index contributed by atoms with van der Waals surface area (Å²) in [6.45, 7) is 25.4. The maximum absolute atomic E-state index is 3.84. The maximum atomic E-state index is 3.84. The minimum atomic E-state index is 0.743. The van der Waals surface area contributed by atoms with Crippen LogP contribution in [-0.4, -0.2) is 0 Å². The minimum absolute atomic E-state index is 0.743. The normalized spacial score (nSPS) is 12.7. The van der Waals surface area contributed by atoms with Crippen LogP contribution < -0.4 is 15.1 Å². The molecule has 12 rings (SSSR count). The van der Waals surface area contributed by atoms with Crippen LogP contribution in [0.2, 0.25) is 0 Å². The molecule has 0 bridgehead atoms. The molecule has 0 aliphatic rings. The number of hydrogen-bond acceptors (Lipinski definition) is 7. The predicted molar refractivity (Wildman–Crippen MR) is 476 cm³/mol. The lowest BCUT2D eigenvalue weighted by molar-refractivity contribution is 0.422. The van der Waals surface area contributed by atoms with Gasteiger partial charge in [-0.3, -0.25) is 0 Å². The third kappa shape index (κ3) is 21.6. The second kappa shape index (κ2) is 41.3. The van der Waals surface area contributed by atoms with E-state index in [1.54, 1.807) is 22.3 Å². The Balaban J connectivity index is 0.000000209. The van der Waals surface area contributed by atoms with Gasteiger partial charge in [0.2, 0.25) is 0 Å². The van der Waals surface area contributed by atoms with E-state index in [2.05, 4.69) is 293 Å². The van der Waals surface area contributed by atoms with E-state index in [9.17, 15) is 0 Å². The number of rotatable bonds is 36. The summed E-state index contributed by atoms with van der Waals surface area (Å²) in [7, 11) is 0. The van der Waals surface area contributed by atoms with Crippen LogP contribution in [0.25, 0.3) is 40.3 Å². The first kappa shape index (κ1) is 80.5. The molecule has 104 heavy (non-hydrogen) atoms. The van der Waals surface area contributed by atoms with Gasteiger partial charge in [0, 0.05) is 52.9 Å². The van der Waals surface area contributed by atoms with Crippen LogP contribution in [0.1, 0.15) is 223 Å². The van der Waals surface area contributed by atoms with Gasteiger partial charge in [-0.25, -0.2) is 0 Å². The van der Waals surface area contributed by atoms with Gasteiger partial charge in [0.1, 0.15) is 10.0 Å². The number of aryl methyl sites for hydroxylation is 7. The lowest BCUT2D eigenvalue weighted by Gasteiger charge is -2.24. The molecule has 0 aliphatic carbocycles. The van der Waals surface area contributed by atoms with Gasteiger partial charge in [0.25, 0.3) is 0 Å². The summed E-state index contributed by atoms with van der Waals surface area (Å²) in [5, 5.41) is 11.9. The zero-order valence-corrected chi connectivity index (χ0v) is 70.9. The standard InChI is InChI=1S/C54H64N2S2.C28H40Br2S2.C13H13N/c1-7-11-23-41(9-3)31-33-47-49-37-51(55(43-25-15-13-16-26-43)45-29-19-21-39(5)35-45)58-54(49)48(34-32-42(10-4)24-12-8-2)50-38-52(57-53(47)50)56(44-27-17-14-18-28-44)46-30-20-22-40(6)36-46;1-5-9-11-19(7-3)13-15-21-23-17-25(29)32-28(23)22(24-18-26(30)31-27(21)24)16-14-20(8-4)12-10-6-2;1-11-6-5-9-13(10-11)14-12-7-3-2-4-8-12/h13-22,25-30,35-38,41-42H,7-12,23-24,31-34H2,1-6H3;17-20H,5-16H2,1-4H3;2-10,14H,1H3. The number of hydrogen-bond donors (Lipinski definition) is 1. The number of halogens is 2. The molecule has 0 aliphatic heterocycles. The minimum Gasteiger partial charge on any atom is -0.356 e. The van der Waals surface area contributed by atoms with Gasteiger partial charge in [-0.1, -0.05) is 249 Å². The topological polar surface area (TPSA) is 18.5 Å². The van der Waals surface area contributed by atoms with Gasteiger partial charge in [-0.15, -0.1) is 45.3 Å². The van der Waals surface area contributed by atoms with E-state index in [1.165, 1.54) is 239 Å². The van der Waals surface area contributed by atoms with E-state index in [0.29, 0.717) is 0 Å². The van der Waals surface area contributed by atoms with Crippen LogP contribution in [0.5, 0.6) is 0 Å². The molecule has 0 spiro atoms. The Morgan fingerprint density at radius 3 is 0.933 bits per heavy atom. The number of thiophene rings is 4. The number of nitrogens with one attached hydrogen (secondary N) is 1. The highest BCUT2D eigenvalue weighted by Gasteiger charge is 2.27. The van der Waals surface area contributed by atoms with Gasteiger partial charge in [-0.05, 0) is 285 Å². The monoisotopic (exact) mass is 1590 g/mol. The zero-order chi connectivity index (χ0) is 73.3. The SMILES string of the molecule is CCCCC(CC)CCc1c2cc(Br)sc2c(CCC(CC)CCCC)c2cc(Br)sc12.CCCCC(CC)CCc1c2cc(N(c3ccccc3)c3cccc(C)c3)sc2c(CCC(CC)CCCC)c2cc(N(c3ccccc3)c3cccc(C)c3)sc12.Cc1cccc(Nc2ccccc2)c1. The summed E-state index contributed by atoms with van der Waals surface area (Å²) in [6, 6.07) is 68.6. The van der Waals surface area contributed by atoms with Crippen molar-refractivity contribution in [3.63, 3.8) is 0 Å². The maximum Gasteiger partial charge on any atom is 0.101 e. The van der Waals surface area contributed by atoms with Crippen LogP contribution in [0.4, 0.5) is 44.1 Å². The number of fused-ring (bicyclic) bond motifs is 4. The summed E-state index contributed by atoms with van der Waals surface area (Å²) in [6.07, 6.45) is 30.8. The van der Waals surface area contributed by atoms with Crippen LogP contribution >= 0.6 is 77.2 Å². The third-order valence-electron chi connectivity index (χ3n) is 21.7. The molecule has 550 valence electrons. The largest absolute Gasteiger partial charge is 0.356 e. The molecule has 0 fully saturated rings. The van der Waals surface area contributed by atoms with Crippen LogP contribution in [0, 0.1) is 44.4 Å². The Labute approximate surface area is 659 Å². The molecule has 8 aromatic carbocycles. The Morgan fingerprint density at radius 1 is 0.308 bits per heavy atom. The van der Waals surface area contributed by atoms with Gasteiger partial charge in [0.15, 0.2) is 0 Å². The number of anilines is 8. The number of benzene rings is 8. The zero-order valence-electron chi connectivity index (χ0n) is 64.5. The summed E-state index contributed by atoms with van der Waals surface area (Å²) in [4.78, 5) is 5.01. The highest BCUT2D eigenvalue weighted by Crippen LogP contribution is 2.52. The van der Waals surface area contributed by atoms with E-state index in [-0.39, 0.29) is 0 Å². The third-order valence-corrected chi connectivity index (χ3v) is 27.4. The summed E-state index contributed by atoms with van der Waals surface area (Å²) in [5.74, 6) is 3.20. The highest BCUT2D eigenvalue weighted by molar-refractivity contribution is 9.11. The second-order valence-corrected chi connectivity index (χ2v) is 36.3. The lowest BCUT2D eigenvalue weighted by Crippen LogP contribution is -2.08. The molecule has 4 atom stereocenters. The number of para-hydroxylation sites is 3. The van der Waals surface area contributed by atoms with Crippen molar-refractivity contribution in [2.45, 2.75) is 230 Å². The molecule has 4 heterocycles. The Kier molecular flexibility index (Phi) is 32.0. The van der Waals surface area contributed by atoms with Crippen LogP contribution in [-0.2, 0) is 25.7 Å². The molecule has 1 N–H and O–H groups in total. The second-order valence-electron chi connectivity index (χ2n) is 29.4. The van der Waals surface area contributed by atoms with Crippen LogP contribution in [0.3, 0.4) is 0 Å². The summed E-state index contributed by atoms with van der Waals surface area (Å²) < 4.78 is 8.62. The first-order valence-electron chi connectivity index (χ1n) is 39.8. The van der Waals surface area contributed by atoms with Crippen molar-refractivity contribution in [3.8, 4) is 0 Å². The fourth-order valence-corrected chi connectivity index (χ4v) is 21.5. The van der Waals surface area contributed by atoms with Crippen molar-refractivity contribution in [3.05, 3.63) is 235 Å². The molecule has 0 saturated carbocycles. The van der Waals surface area contributed by atoms with Crippen molar-refractivity contribution in [1.29, 1.82) is 0 Å². The predicted octanol–water partition coefficient (Wildman–Crippen LogP) is 33.6. The molecule has 9 heteroatoms. The quantitative estimate of drug-likeness (QED) is 0.0422. The number of nitrogens with zero attached hydrogens (tertiary/aromatic N) is 2. The molecule has 0 radical (unpaired) electrons. The molecule has 4 unspecified atom stereocenters. The first-order valence-corrected chi connectivity index (χ1v) is 44.7. The van der Waals surface area contributed by atoms with E-state index >= 15 is 0 Å². The fraction of sp³-hybridized carbons (Fsp3) is 0.411. The Hall–Kier alpha value is -6.04. The van der Waals surface area contributed by atoms with E-state index in [0.717, 1.165) is 47.9 Å². The molecular weight excluding hydrogens is 1470 g/mol. The summed E-state index contributed by atoms with van der Waals surface area (Å²) >= 11 is 15.6. The van der Waals surface area contributed by atoms with Gasteiger partial charge in [0.05, 0.1) is 7.57 Å². The first-order chi connectivity index (χ1) is 50.8. The summed E-state index contributed by atoms with van der Waals surface area (Å²) in [5.41, 5.74) is 17.2. The molecule has 4 aromatic heterocycles. The van der Waals surface area contributed by atoms with Crippen molar-refractivity contribution in [2.24, 2.45) is 23.7 Å². The smallest absolute Gasteiger partial charge is 0.101 e. The van der Waals surface area contributed by atoms with Crippen molar-refractivity contribution in [2.75, 3.05) is 15.1 Å². The van der Waals surface area contributed by atoms with E-state index in [1.807, 2.05) is 63.5 Å². The van der Waals surface area contributed by atoms with Crippen molar-refractivity contribution in [1.82, 2.24) is 0 Å². The van der Waals surface area contributed by atoms with Crippen molar-refractivity contribution >= 4 is 162 Å². The average molecular weight is 1590 g/mol. The molecule has 3 nitrogen and oxygen atoms in total. The molecule has 12 aromatic rings. The number of unbranched alkanes of at least 4 members (excludes halogenated alkanes) is 4. The fourth-order valence-electron chi connectivity index (χ4n) is 15.5. The van der Waals surface area contributed by atoms with Crippen LogP contribution in [0.15, 0.2) is 196 Å². The van der Waals surface area contributed by atoms with Crippen molar-refractivity contribution < 1.29 is 0 Å². The van der Waals surface area contributed by atoms with E-state index < -0.39 is 0 Å². The molecule has 0 amide bonds. The molecular formula is C95H117Br2N3S4. The highest BCUT2D eigenvalue weighted by atomic mass is 79.9. The Morgan fingerprint density at radius 2 is 0.606 bits per heavy atom.